The Morgan fingerprint density at radius 2 is 2.11 bits per heavy atom. The molecule has 1 aromatic heterocycles. The van der Waals surface area contributed by atoms with Gasteiger partial charge in [-0.2, -0.15) is 0 Å². The molecule has 0 N–H and O–H groups in total. The summed E-state index contributed by atoms with van der Waals surface area (Å²) in [5.74, 6) is 0.00106. The van der Waals surface area contributed by atoms with Gasteiger partial charge in [-0.15, -0.1) is 0 Å². The first-order chi connectivity index (χ1) is 8.56. The van der Waals surface area contributed by atoms with E-state index in [2.05, 4.69) is 4.98 Å². The normalized spacial score (nSPS) is 11.7. The zero-order valence-electron chi connectivity index (χ0n) is 10.9. The van der Waals surface area contributed by atoms with E-state index in [4.69, 9.17) is 4.74 Å². The molecule has 0 amide bonds. The van der Waals surface area contributed by atoms with Gasteiger partial charge in [-0.3, -0.25) is 9.78 Å². The maximum atomic E-state index is 12.5. The van der Waals surface area contributed by atoms with Gasteiger partial charge in [0.15, 0.2) is 5.78 Å². The number of Topliss-reactive ketones (excluding diaryl/α,β-unsaturated/α-hetero) is 1. The minimum atomic E-state index is -0.799. The summed E-state index contributed by atoms with van der Waals surface area (Å²) in [6.45, 7) is 6.02. The molecule has 0 atom stereocenters. The van der Waals surface area contributed by atoms with Crippen molar-refractivity contribution in [2.75, 3.05) is 6.61 Å². The van der Waals surface area contributed by atoms with Gasteiger partial charge >= 0.3 is 0 Å². The van der Waals surface area contributed by atoms with Crippen LogP contribution in [0.5, 0.6) is 0 Å². The van der Waals surface area contributed by atoms with Crippen molar-refractivity contribution in [2.24, 2.45) is 0 Å². The first-order valence-electron chi connectivity index (χ1n) is 6.08. The number of fused-ring (bicyclic) bond motifs is 1. The average Bonchev–Trinajstić information content (AvgIpc) is 2.37. The first kappa shape index (κ1) is 12.7. The molecule has 1 heterocycles. The Balaban J connectivity index is 2.51. The van der Waals surface area contributed by atoms with Crippen LogP contribution in [0.15, 0.2) is 36.7 Å². The van der Waals surface area contributed by atoms with Gasteiger partial charge in [0.2, 0.25) is 0 Å². The van der Waals surface area contributed by atoms with Crippen LogP contribution in [0.1, 0.15) is 31.1 Å². The number of carbonyl (C=O) groups is 1. The molecule has 3 nitrogen and oxygen atoms in total. The van der Waals surface area contributed by atoms with E-state index in [9.17, 15) is 4.79 Å². The predicted molar refractivity (Wildman–Crippen MR) is 71.8 cm³/mol. The van der Waals surface area contributed by atoms with Crippen LogP contribution in [0.25, 0.3) is 10.8 Å². The fourth-order valence-electron chi connectivity index (χ4n) is 2.07. The van der Waals surface area contributed by atoms with Crippen molar-refractivity contribution < 1.29 is 9.53 Å². The number of nitrogens with zero attached hydrogens (tertiary/aromatic N) is 1. The Hall–Kier alpha value is -1.74. The Labute approximate surface area is 107 Å². The SMILES string of the molecule is CCOC(C)(C)C(=O)c1cccc2cnccc12. The van der Waals surface area contributed by atoms with Crippen molar-refractivity contribution in [1.82, 2.24) is 4.98 Å². The number of hydrogen-bond donors (Lipinski definition) is 0. The predicted octanol–water partition coefficient (Wildman–Crippen LogP) is 3.23. The van der Waals surface area contributed by atoms with E-state index in [0.29, 0.717) is 12.2 Å². The molecule has 0 fully saturated rings. The monoisotopic (exact) mass is 243 g/mol. The summed E-state index contributed by atoms with van der Waals surface area (Å²) in [5, 5.41) is 1.89. The van der Waals surface area contributed by atoms with Crippen molar-refractivity contribution in [3.8, 4) is 0 Å². The number of ether oxygens (including phenoxy) is 1. The zero-order valence-corrected chi connectivity index (χ0v) is 10.9. The minimum Gasteiger partial charge on any atom is -0.368 e. The van der Waals surface area contributed by atoms with E-state index in [1.807, 2.05) is 31.2 Å². The molecule has 0 spiro atoms. The lowest BCUT2D eigenvalue weighted by Crippen LogP contribution is -2.35. The van der Waals surface area contributed by atoms with Gasteiger partial charge in [-0.1, -0.05) is 18.2 Å². The van der Waals surface area contributed by atoms with Gasteiger partial charge in [-0.25, -0.2) is 0 Å². The fraction of sp³-hybridized carbons (Fsp3) is 0.333. The zero-order chi connectivity index (χ0) is 13.2. The highest BCUT2D eigenvalue weighted by molar-refractivity contribution is 6.11. The highest BCUT2D eigenvalue weighted by Gasteiger charge is 2.29. The van der Waals surface area contributed by atoms with E-state index >= 15 is 0 Å². The maximum absolute atomic E-state index is 12.5. The van der Waals surface area contributed by atoms with Gasteiger partial charge in [-0.05, 0) is 32.2 Å². The van der Waals surface area contributed by atoms with Crippen LogP contribution in [-0.2, 0) is 4.74 Å². The third kappa shape index (κ3) is 2.27. The van der Waals surface area contributed by atoms with Crippen LogP contribution in [0.3, 0.4) is 0 Å². The number of carbonyl (C=O) groups excluding carboxylic acids is 1. The lowest BCUT2D eigenvalue weighted by atomic mass is 9.93. The molecule has 0 aliphatic carbocycles. The highest BCUT2D eigenvalue weighted by Crippen LogP contribution is 2.23. The molecule has 0 saturated heterocycles. The fourth-order valence-corrected chi connectivity index (χ4v) is 2.07. The van der Waals surface area contributed by atoms with Crippen LogP contribution in [0.4, 0.5) is 0 Å². The van der Waals surface area contributed by atoms with Crippen LogP contribution < -0.4 is 0 Å². The van der Waals surface area contributed by atoms with E-state index in [1.54, 1.807) is 26.2 Å². The molecule has 2 rings (SSSR count). The third-order valence-corrected chi connectivity index (χ3v) is 2.98. The van der Waals surface area contributed by atoms with Crippen LogP contribution >= 0.6 is 0 Å². The van der Waals surface area contributed by atoms with Crippen LogP contribution in [0, 0.1) is 0 Å². The van der Waals surface area contributed by atoms with E-state index in [1.165, 1.54) is 0 Å². The lowest BCUT2D eigenvalue weighted by molar-refractivity contribution is 0.00139. The first-order valence-corrected chi connectivity index (χ1v) is 6.08. The number of pyridine rings is 1. The second-order valence-corrected chi connectivity index (χ2v) is 4.67. The van der Waals surface area contributed by atoms with Crippen LogP contribution in [-0.4, -0.2) is 23.0 Å². The van der Waals surface area contributed by atoms with Gasteiger partial charge in [0.05, 0.1) is 0 Å². The molecule has 94 valence electrons. The summed E-state index contributed by atoms with van der Waals surface area (Å²) in [5.41, 5.74) is -0.111. The van der Waals surface area contributed by atoms with Crippen molar-refractivity contribution >= 4 is 16.6 Å². The number of aromatic nitrogens is 1. The summed E-state index contributed by atoms with van der Waals surface area (Å²) >= 11 is 0. The molecule has 3 heteroatoms. The summed E-state index contributed by atoms with van der Waals surface area (Å²) in [7, 11) is 0. The quantitative estimate of drug-likeness (QED) is 0.774. The van der Waals surface area contributed by atoms with E-state index in [-0.39, 0.29) is 5.78 Å². The maximum Gasteiger partial charge on any atom is 0.194 e. The lowest BCUT2D eigenvalue weighted by Gasteiger charge is -2.23. The molecule has 18 heavy (non-hydrogen) atoms. The standard InChI is InChI=1S/C15H17NO2/c1-4-18-15(2,3)14(17)13-7-5-6-11-10-16-9-8-12(11)13/h5-10H,4H2,1-3H3. The molecule has 0 unspecified atom stereocenters. The largest absolute Gasteiger partial charge is 0.368 e. The second kappa shape index (κ2) is 4.86. The van der Waals surface area contributed by atoms with E-state index < -0.39 is 5.60 Å². The van der Waals surface area contributed by atoms with Crippen molar-refractivity contribution in [2.45, 2.75) is 26.4 Å². The number of hydrogen-bond acceptors (Lipinski definition) is 3. The highest BCUT2D eigenvalue weighted by atomic mass is 16.5. The molecule has 0 radical (unpaired) electrons. The summed E-state index contributed by atoms with van der Waals surface area (Å²) < 4.78 is 5.53. The molecule has 2 aromatic rings. The van der Waals surface area contributed by atoms with Gasteiger partial charge in [0.25, 0.3) is 0 Å². The Kier molecular flexibility index (Phi) is 3.43. The number of rotatable bonds is 4. The molecule has 0 aliphatic heterocycles. The Morgan fingerprint density at radius 1 is 1.33 bits per heavy atom. The Bertz CT molecular complexity index is 570. The number of ketones is 1. The van der Waals surface area contributed by atoms with Gasteiger partial charge < -0.3 is 4.74 Å². The molecule has 0 bridgehead atoms. The van der Waals surface area contributed by atoms with Gasteiger partial charge in [0.1, 0.15) is 5.60 Å². The molecule has 0 aliphatic rings. The second-order valence-electron chi connectivity index (χ2n) is 4.67. The topological polar surface area (TPSA) is 39.2 Å². The van der Waals surface area contributed by atoms with Crippen molar-refractivity contribution in [3.05, 3.63) is 42.2 Å². The van der Waals surface area contributed by atoms with E-state index in [0.717, 1.165) is 10.8 Å². The molecule has 1 aromatic carbocycles. The molecular weight excluding hydrogens is 226 g/mol. The van der Waals surface area contributed by atoms with Crippen LogP contribution in [0.2, 0.25) is 0 Å². The van der Waals surface area contributed by atoms with Crippen molar-refractivity contribution in [1.29, 1.82) is 0 Å². The smallest absolute Gasteiger partial charge is 0.194 e. The summed E-state index contributed by atoms with van der Waals surface area (Å²) in [4.78, 5) is 16.6. The van der Waals surface area contributed by atoms with Gasteiger partial charge in [0, 0.05) is 30.0 Å². The molecular formula is C15H17NO2. The summed E-state index contributed by atoms with van der Waals surface area (Å²) in [6, 6.07) is 7.53. The third-order valence-electron chi connectivity index (χ3n) is 2.98. The van der Waals surface area contributed by atoms with Crippen molar-refractivity contribution in [3.63, 3.8) is 0 Å². The number of benzene rings is 1. The summed E-state index contributed by atoms with van der Waals surface area (Å²) in [6.07, 6.45) is 3.46. The molecule has 0 saturated carbocycles. The minimum absolute atomic E-state index is 0.00106. The Morgan fingerprint density at radius 3 is 2.83 bits per heavy atom. The average molecular weight is 243 g/mol.